The Morgan fingerprint density at radius 1 is 1.14 bits per heavy atom. The van der Waals surface area contributed by atoms with E-state index in [0.29, 0.717) is 17.3 Å². The molecule has 0 aliphatic rings. The van der Waals surface area contributed by atoms with E-state index in [1.807, 2.05) is 24.3 Å². The van der Waals surface area contributed by atoms with E-state index in [4.69, 9.17) is 9.47 Å². The largest absolute Gasteiger partial charge is 0.493 e. The minimum atomic E-state index is -0.434. The first-order valence-corrected chi connectivity index (χ1v) is 8.40. The Labute approximate surface area is 161 Å². The lowest BCUT2D eigenvalue weighted by Gasteiger charge is -2.11. The molecule has 8 heteroatoms. The summed E-state index contributed by atoms with van der Waals surface area (Å²) in [5.74, 6) is 1.77. The molecule has 1 heterocycles. The molecule has 0 aliphatic carbocycles. The summed E-state index contributed by atoms with van der Waals surface area (Å²) in [4.78, 5) is 14.4. The second-order valence-corrected chi connectivity index (χ2v) is 5.71. The molecule has 0 bridgehead atoms. The van der Waals surface area contributed by atoms with E-state index in [2.05, 4.69) is 15.5 Å². The van der Waals surface area contributed by atoms with Gasteiger partial charge in [-0.1, -0.05) is 6.07 Å². The minimum Gasteiger partial charge on any atom is -0.493 e. The van der Waals surface area contributed by atoms with E-state index in [1.165, 1.54) is 12.1 Å². The molecule has 0 spiro atoms. The summed E-state index contributed by atoms with van der Waals surface area (Å²) in [5.41, 5.74) is 4.53. The van der Waals surface area contributed by atoms with E-state index >= 15 is 0 Å². The number of anilines is 1. The van der Waals surface area contributed by atoms with Crippen molar-refractivity contribution in [3.05, 3.63) is 88.1 Å². The van der Waals surface area contributed by atoms with E-state index < -0.39 is 4.92 Å². The van der Waals surface area contributed by atoms with Crippen molar-refractivity contribution in [3.8, 4) is 11.5 Å². The zero-order chi connectivity index (χ0) is 19.8. The number of rotatable bonds is 8. The molecule has 0 aliphatic heterocycles. The number of pyridine rings is 1. The Balaban J connectivity index is 1.63. The third-order valence-electron chi connectivity index (χ3n) is 3.79. The van der Waals surface area contributed by atoms with Gasteiger partial charge in [0, 0.05) is 18.3 Å². The number of non-ortho nitro benzene ring substituents is 1. The summed E-state index contributed by atoms with van der Waals surface area (Å²) in [6, 6.07) is 17.2. The normalized spacial score (nSPS) is 10.6. The standard InChI is InChI=1S/C20H18N4O4/c1-27-19-12-16(13-22-23-20-4-2-3-11-21-20)7-10-18(19)28-14-15-5-8-17(9-6-15)24(25)26/h2-13H,14H2,1H3,(H,21,23)/b22-13-. The highest BCUT2D eigenvalue weighted by Gasteiger charge is 2.07. The van der Waals surface area contributed by atoms with Gasteiger partial charge in [0.25, 0.3) is 5.69 Å². The van der Waals surface area contributed by atoms with Crippen LogP contribution in [0.2, 0.25) is 0 Å². The molecule has 0 amide bonds. The summed E-state index contributed by atoms with van der Waals surface area (Å²) in [5, 5.41) is 14.8. The molecule has 142 valence electrons. The van der Waals surface area contributed by atoms with E-state index in [-0.39, 0.29) is 12.3 Å². The first-order chi connectivity index (χ1) is 13.7. The van der Waals surface area contributed by atoms with Gasteiger partial charge < -0.3 is 9.47 Å². The van der Waals surface area contributed by atoms with Crippen LogP contribution < -0.4 is 14.9 Å². The number of nitrogens with zero attached hydrogens (tertiary/aromatic N) is 3. The molecular formula is C20H18N4O4. The van der Waals surface area contributed by atoms with Gasteiger partial charge in [-0.25, -0.2) is 4.98 Å². The van der Waals surface area contributed by atoms with Crippen LogP contribution in [0, 0.1) is 10.1 Å². The van der Waals surface area contributed by atoms with Crippen LogP contribution in [-0.4, -0.2) is 23.2 Å². The highest BCUT2D eigenvalue weighted by molar-refractivity contribution is 5.81. The summed E-state index contributed by atoms with van der Waals surface area (Å²) in [7, 11) is 1.56. The number of hydrogen-bond donors (Lipinski definition) is 1. The second-order valence-electron chi connectivity index (χ2n) is 5.71. The number of nitrogens with one attached hydrogen (secondary N) is 1. The van der Waals surface area contributed by atoms with Crippen LogP contribution in [0.5, 0.6) is 11.5 Å². The molecule has 2 aromatic carbocycles. The zero-order valence-corrected chi connectivity index (χ0v) is 15.1. The average Bonchev–Trinajstić information content (AvgIpc) is 2.73. The SMILES string of the molecule is COc1cc(/C=N\Nc2ccccn2)ccc1OCc1ccc([N+](=O)[O-])cc1. The molecule has 0 saturated carbocycles. The van der Waals surface area contributed by atoms with Crippen molar-refractivity contribution < 1.29 is 14.4 Å². The van der Waals surface area contributed by atoms with Crippen molar-refractivity contribution >= 4 is 17.7 Å². The fraction of sp³-hybridized carbons (Fsp3) is 0.100. The van der Waals surface area contributed by atoms with Crippen molar-refractivity contribution in [2.45, 2.75) is 6.61 Å². The van der Waals surface area contributed by atoms with Crippen molar-refractivity contribution in [1.82, 2.24) is 4.98 Å². The Hall–Kier alpha value is -3.94. The highest BCUT2D eigenvalue weighted by Crippen LogP contribution is 2.28. The van der Waals surface area contributed by atoms with Crippen LogP contribution in [0.25, 0.3) is 0 Å². The zero-order valence-electron chi connectivity index (χ0n) is 15.1. The smallest absolute Gasteiger partial charge is 0.269 e. The molecular weight excluding hydrogens is 360 g/mol. The summed E-state index contributed by atoms with van der Waals surface area (Å²) >= 11 is 0. The molecule has 8 nitrogen and oxygen atoms in total. The number of nitro groups is 1. The van der Waals surface area contributed by atoms with Gasteiger partial charge in [-0.2, -0.15) is 5.10 Å². The van der Waals surface area contributed by atoms with Gasteiger partial charge in [0.2, 0.25) is 0 Å². The van der Waals surface area contributed by atoms with Gasteiger partial charge in [0.15, 0.2) is 11.5 Å². The van der Waals surface area contributed by atoms with Gasteiger partial charge in [-0.05, 0) is 53.6 Å². The van der Waals surface area contributed by atoms with Crippen LogP contribution in [0.1, 0.15) is 11.1 Å². The summed E-state index contributed by atoms with van der Waals surface area (Å²) in [6.45, 7) is 0.267. The molecule has 1 N–H and O–H groups in total. The van der Waals surface area contributed by atoms with Gasteiger partial charge in [0.1, 0.15) is 12.4 Å². The molecule has 1 aromatic heterocycles. The van der Waals surface area contributed by atoms with Crippen molar-refractivity contribution in [3.63, 3.8) is 0 Å². The van der Waals surface area contributed by atoms with E-state index in [9.17, 15) is 10.1 Å². The van der Waals surface area contributed by atoms with Crippen LogP contribution in [0.15, 0.2) is 72.0 Å². The monoisotopic (exact) mass is 378 g/mol. The topological polar surface area (TPSA) is 98.9 Å². The number of benzene rings is 2. The summed E-state index contributed by atoms with van der Waals surface area (Å²) in [6.07, 6.45) is 3.33. The van der Waals surface area contributed by atoms with Crippen molar-refractivity contribution in [2.24, 2.45) is 5.10 Å². The van der Waals surface area contributed by atoms with Crippen LogP contribution in [0.4, 0.5) is 11.5 Å². The molecule has 0 radical (unpaired) electrons. The maximum atomic E-state index is 10.7. The van der Waals surface area contributed by atoms with Gasteiger partial charge in [-0.3, -0.25) is 15.5 Å². The van der Waals surface area contributed by atoms with Crippen LogP contribution >= 0.6 is 0 Å². The lowest BCUT2D eigenvalue weighted by molar-refractivity contribution is -0.384. The number of aromatic nitrogens is 1. The third-order valence-corrected chi connectivity index (χ3v) is 3.79. The predicted molar refractivity (Wildman–Crippen MR) is 106 cm³/mol. The Morgan fingerprint density at radius 3 is 2.64 bits per heavy atom. The average molecular weight is 378 g/mol. The number of hydrazone groups is 1. The maximum Gasteiger partial charge on any atom is 0.269 e. The molecule has 0 unspecified atom stereocenters. The molecule has 28 heavy (non-hydrogen) atoms. The molecule has 0 fully saturated rings. The van der Waals surface area contributed by atoms with Gasteiger partial charge >= 0.3 is 0 Å². The first kappa shape index (κ1) is 18.8. The fourth-order valence-electron chi connectivity index (χ4n) is 2.36. The Kier molecular flexibility index (Phi) is 6.14. The Morgan fingerprint density at radius 2 is 1.96 bits per heavy atom. The van der Waals surface area contributed by atoms with Crippen LogP contribution in [-0.2, 0) is 6.61 Å². The van der Waals surface area contributed by atoms with Crippen LogP contribution in [0.3, 0.4) is 0 Å². The lowest BCUT2D eigenvalue weighted by atomic mass is 10.2. The van der Waals surface area contributed by atoms with Gasteiger partial charge in [-0.15, -0.1) is 0 Å². The van der Waals surface area contributed by atoms with E-state index in [1.54, 1.807) is 43.8 Å². The molecule has 0 saturated heterocycles. The maximum absolute atomic E-state index is 10.7. The predicted octanol–water partition coefficient (Wildman–Crippen LogP) is 4.02. The van der Waals surface area contributed by atoms with Crippen molar-refractivity contribution in [2.75, 3.05) is 12.5 Å². The number of methoxy groups -OCH3 is 1. The molecule has 3 rings (SSSR count). The summed E-state index contributed by atoms with van der Waals surface area (Å²) < 4.78 is 11.2. The fourth-order valence-corrected chi connectivity index (χ4v) is 2.36. The Bertz CT molecular complexity index is 960. The van der Waals surface area contributed by atoms with E-state index in [0.717, 1.165) is 11.1 Å². The second kappa shape index (κ2) is 9.13. The van der Waals surface area contributed by atoms with Crippen molar-refractivity contribution in [1.29, 1.82) is 0 Å². The number of hydrogen-bond acceptors (Lipinski definition) is 7. The third kappa shape index (κ3) is 5.04. The lowest BCUT2D eigenvalue weighted by Crippen LogP contribution is -1.99. The molecule has 3 aromatic rings. The molecule has 0 atom stereocenters. The van der Waals surface area contributed by atoms with Gasteiger partial charge in [0.05, 0.1) is 18.2 Å². The minimum absolute atomic E-state index is 0.0456. The highest BCUT2D eigenvalue weighted by atomic mass is 16.6. The number of nitro benzene ring substituents is 1. The first-order valence-electron chi connectivity index (χ1n) is 8.40. The quantitative estimate of drug-likeness (QED) is 0.361. The number of ether oxygens (including phenoxy) is 2.